The first kappa shape index (κ1) is 25.9. The molecule has 6 nitrogen and oxygen atoms in total. The maximum Gasteiger partial charge on any atom is 0.430 e. The van der Waals surface area contributed by atoms with Crippen LogP contribution in [-0.2, 0) is 19.9 Å². The van der Waals surface area contributed by atoms with Crippen molar-refractivity contribution in [3.05, 3.63) is 83.9 Å². The van der Waals surface area contributed by atoms with Gasteiger partial charge in [0, 0.05) is 31.7 Å². The summed E-state index contributed by atoms with van der Waals surface area (Å²) in [6.45, 7) is 5.19. The van der Waals surface area contributed by atoms with Crippen LogP contribution in [0.5, 0.6) is 0 Å². The molecule has 0 aliphatic heterocycles. The van der Waals surface area contributed by atoms with Gasteiger partial charge in [0.05, 0.1) is 0 Å². The Morgan fingerprint density at radius 2 is 1.64 bits per heavy atom. The molecule has 178 valence electrons. The normalized spacial score (nSPS) is 14.0. The molecule has 0 spiro atoms. The molecule has 0 heterocycles. The van der Waals surface area contributed by atoms with Crippen molar-refractivity contribution in [2.75, 3.05) is 26.8 Å². The molecule has 0 fully saturated rings. The van der Waals surface area contributed by atoms with E-state index in [1.165, 1.54) is 30.3 Å². The molecule has 0 aromatic heterocycles. The number of benzene rings is 2. The van der Waals surface area contributed by atoms with Crippen LogP contribution in [0.25, 0.3) is 0 Å². The lowest BCUT2D eigenvalue weighted by atomic mass is 9.91. The summed E-state index contributed by atoms with van der Waals surface area (Å²) in [5.41, 5.74) is -1.81. The molecule has 0 saturated carbocycles. The lowest BCUT2D eigenvalue weighted by Gasteiger charge is -2.33. The number of aryl methyl sites for hydroxylation is 1. The van der Waals surface area contributed by atoms with E-state index in [0.717, 1.165) is 18.2 Å². The van der Waals surface area contributed by atoms with Gasteiger partial charge in [-0.15, -0.1) is 0 Å². The van der Waals surface area contributed by atoms with Crippen molar-refractivity contribution in [2.45, 2.75) is 24.6 Å². The molecule has 9 heteroatoms. The topological polar surface area (TPSA) is 76.7 Å². The van der Waals surface area contributed by atoms with Gasteiger partial charge in [-0.05, 0) is 12.5 Å². The largest absolute Gasteiger partial charge is 0.445 e. The Hall–Kier alpha value is -3.33. The number of ether oxygens (including phenoxy) is 2. The standard InChI is InChI=1S/C24H27F3N2O4/c1-4-14-33-22(31)29-16-19(18-12-10-17(2)11-13-18)15-28-21(30)23(32-3,24(25,26)27)20-8-6-5-7-9-20/h4-13,19H,1,14-16H2,2-3H3,(H,28,30)(H,29,31)/t19-,23-/m1/s1. The van der Waals surface area contributed by atoms with Crippen LogP contribution in [0.2, 0.25) is 0 Å². The Morgan fingerprint density at radius 1 is 1.03 bits per heavy atom. The van der Waals surface area contributed by atoms with Crippen molar-refractivity contribution in [3.8, 4) is 0 Å². The lowest BCUT2D eigenvalue weighted by molar-refractivity contribution is -0.265. The zero-order valence-corrected chi connectivity index (χ0v) is 18.4. The van der Waals surface area contributed by atoms with Gasteiger partial charge in [0.2, 0.25) is 0 Å². The van der Waals surface area contributed by atoms with Gasteiger partial charge in [0.25, 0.3) is 11.5 Å². The first-order valence-corrected chi connectivity index (χ1v) is 10.2. The average Bonchev–Trinajstić information content (AvgIpc) is 2.79. The number of hydrogen-bond acceptors (Lipinski definition) is 4. The summed E-state index contributed by atoms with van der Waals surface area (Å²) in [5, 5.41) is 4.92. The second kappa shape index (κ2) is 11.5. The van der Waals surface area contributed by atoms with Crippen molar-refractivity contribution < 1.29 is 32.2 Å². The molecule has 2 atom stereocenters. The van der Waals surface area contributed by atoms with Crippen LogP contribution < -0.4 is 10.6 Å². The molecule has 0 radical (unpaired) electrons. The lowest BCUT2D eigenvalue weighted by Crippen LogP contribution is -2.56. The minimum absolute atomic E-state index is 0.0107. The van der Waals surface area contributed by atoms with Crippen LogP contribution >= 0.6 is 0 Å². The molecule has 33 heavy (non-hydrogen) atoms. The van der Waals surface area contributed by atoms with Gasteiger partial charge in [-0.25, -0.2) is 4.79 Å². The Labute approximate surface area is 190 Å². The summed E-state index contributed by atoms with van der Waals surface area (Å²) < 4.78 is 52.0. The Bertz CT molecular complexity index is 933. The molecule has 0 aliphatic carbocycles. The molecule has 0 unspecified atom stereocenters. The van der Waals surface area contributed by atoms with E-state index in [1.54, 1.807) is 18.2 Å². The summed E-state index contributed by atoms with van der Waals surface area (Å²) in [5.74, 6) is -1.88. The van der Waals surface area contributed by atoms with Gasteiger partial charge in [0.15, 0.2) is 0 Å². The highest BCUT2D eigenvalue weighted by Crippen LogP contribution is 2.42. The molecule has 0 aliphatic rings. The quantitative estimate of drug-likeness (QED) is 0.517. The first-order chi connectivity index (χ1) is 15.7. The van der Waals surface area contributed by atoms with E-state index >= 15 is 0 Å². The number of carbonyl (C=O) groups excluding carboxylic acids is 2. The molecular formula is C24H27F3N2O4. The molecule has 2 N–H and O–H groups in total. The Balaban J connectivity index is 2.26. The van der Waals surface area contributed by atoms with Crippen molar-refractivity contribution >= 4 is 12.0 Å². The number of methoxy groups -OCH3 is 1. The number of halogens is 3. The number of amides is 2. The van der Waals surface area contributed by atoms with Gasteiger partial charge in [-0.3, -0.25) is 4.79 Å². The molecule has 0 bridgehead atoms. The highest BCUT2D eigenvalue weighted by atomic mass is 19.4. The predicted octanol–water partition coefficient (Wildman–Crippen LogP) is 4.21. The summed E-state index contributed by atoms with van der Waals surface area (Å²) in [4.78, 5) is 24.7. The molecule has 2 aromatic carbocycles. The minimum atomic E-state index is -5.01. The highest BCUT2D eigenvalue weighted by Gasteiger charge is 2.62. The second-order valence-electron chi connectivity index (χ2n) is 7.33. The molecule has 0 saturated heterocycles. The van der Waals surface area contributed by atoms with Gasteiger partial charge in [0.1, 0.15) is 6.61 Å². The highest BCUT2D eigenvalue weighted by molar-refractivity contribution is 5.87. The number of alkyl carbamates (subject to hydrolysis) is 1. The monoisotopic (exact) mass is 464 g/mol. The maximum atomic E-state index is 14.1. The van der Waals surface area contributed by atoms with E-state index in [2.05, 4.69) is 17.2 Å². The van der Waals surface area contributed by atoms with Crippen LogP contribution in [-0.4, -0.2) is 45.0 Å². The van der Waals surface area contributed by atoms with Crippen LogP contribution in [0.1, 0.15) is 22.6 Å². The van der Waals surface area contributed by atoms with E-state index in [9.17, 15) is 22.8 Å². The van der Waals surface area contributed by atoms with E-state index in [0.29, 0.717) is 0 Å². The number of rotatable bonds is 10. The van der Waals surface area contributed by atoms with Gasteiger partial charge in [-0.1, -0.05) is 72.8 Å². The second-order valence-corrected chi connectivity index (χ2v) is 7.33. The van der Waals surface area contributed by atoms with Crippen molar-refractivity contribution in [2.24, 2.45) is 0 Å². The number of nitrogens with one attached hydrogen (secondary N) is 2. The van der Waals surface area contributed by atoms with Crippen LogP contribution in [0, 0.1) is 6.92 Å². The molecule has 2 rings (SSSR count). The van der Waals surface area contributed by atoms with E-state index in [1.807, 2.05) is 19.1 Å². The summed E-state index contributed by atoms with van der Waals surface area (Å²) in [7, 11) is 0.842. The van der Waals surface area contributed by atoms with Crippen LogP contribution in [0.3, 0.4) is 0 Å². The zero-order chi connectivity index (χ0) is 24.5. The summed E-state index contributed by atoms with van der Waals surface area (Å²) in [6.07, 6.45) is -4.31. The third-order valence-electron chi connectivity index (χ3n) is 5.09. The van der Waals surface area contributed by atoms with E-state index in [-0.39, 0.29) is 25.3 Å². The van der Waals surface area contributed by atoms with Crippen molar-refractivity contribution in [1.29, 1.82) is 0 Å². The molecule has 2 aromatic rings. The number of alkyl halides is 3. The molecule has 2 amide bonds. The summed E-state index contributed by atoms with van der Waals surface area (Å²) in [6, 6.07) is 13.9. The third-order valence-corrected chi connectivity index (χ3v) is 5.09. The van der Waals surface area contributed by atoms with Crippen LogP contribution in [0.4, 0.5) is 18.0 Å². The fourth-order valence-electron chi connectivity index (χ4n) is 3.30. The fourth-order valence-corrected chi connectivity index (χ4v) is 3.30. The summed E-state index contributed by atoms with van der Waals surface area (Å²) >= 11 is 0. The Morgan fingerprint density at radius 3 is 2.18 bits per heavy atom. The first-order valence-electron chi connectivity index (χ1n) is 10.2. The number of carbonyl (C=O) groups is 2. The molecular weight excluding hydrogens is 437 g/mol. The van der Waals surface area contributed by atoms with Gasteiger partial charge >= 0.3 is 12.3 Å². The fraction of sp³-hybridized carbons (Fsp3) is 0.333. The average molecular weight is 464 g/mol. The zero-order valence-electron chi connectivity index (χ0n) is 18.4. The van der Waals surface area contributed by atoms with Crippen LogP contribution in [0.15, 0.2) is 67.3 Å². The van der Waals surface area contributed by atoms with Gasteiger partial charge in [-0.2, -0.15) is 13.2 Å². The van der Waals surface area contributed by atoms with Gasteiger partial charge < -0.3 is 20.1 Å². The SMILES string of the molecule is C=CCOC(=O)NC[C@@H](CNC(=O)[C@](OC)(c1ccccc1)C(F)(F)F)c1ccc(C)cc1. The smallest absolute Gasteiger partial charge is 0.430 e. The minimum Gasteiger partial charge on any atom is -0.445 e. The maximum absolute atomic E-state index is 14.1. The number of hydrogen-bond donors (Lipinski definition) is 2. The predicted molar refractivity (Wildman–Crippen MR) is 118 cm³/mol. The van der Waals surface area contributed by atoms with Crippen molar-refractivity contribution in [3.63, 3.8) is 0 Å². The Kier molecular flexibility index (Phi) is 9.04. The van der Waals surface area contributed by atoms with E-state index < -0.39 is 29.7 Å². The van der Waals surface area contributed by atoms with E-state index in [4.69, 9.17) is 9.47 Å². The van der Waals surface area contributed by atoms with Crippen molar-refractivity contribution in [1.82, 2.24) is 10.6 Å². The third kappa shape index (κ3) is 6.35.